The van der Waals surface area contributed by atoms with E-state index in [-0.39, 0.29) is 36.6 Å². The zero-order chi connectivity index (χ0) is 28.5. The van der Waals surface area contributed by atoms with Crippen molar-refractivity contribution >= 4 is 33.8 Å². The molecule has 1 aliphatic heterocycles. The van der Waals surface area contributed by atoms with Crippen LogP contribution in [0.5, 0.6) is 11.5 Å². The average Bonchev–Trinajstić information content (AvgIpc) is 2.85. The van der Waals surface area contributed by atoms with Crippen molar-refractivity contribution in [3.8, 4) is 11.5 Å². The van der Waals surface area contributed by atoms with E-state index in [9.17, 15) is 31.5 Å². The second kappa shape index (κ2) is 10.6. The maximum Gasteiger partial charge on any atom is 0.416 e. The molecule has 4 rings (SSSR count). The van der Waals surface area contributed by atoms with Crippen LogP contribution in [0.3, 0.4) is 0 Å². The largest absolute Gasteiger partial charge is 0.508 e. The van der Waals surface area contributed by atoms with Gasteiger partial charge in [0.25, 0.3) is 10.0 Å². The molecule has 3 aromatic rings. The quantitative estimate of drug-likeness (QED) is 0.342. The normalized spacial score (nSPS) is 15.7. The molecular formula is C28H26F3NO6S. The number of aromatic hydroxyl groups is 1. The number of carboxylic acid groups (broad SMARTS) is 1. The number of sulfonamides is 1. The first kappa shape index (κ1) is 28.0. The fourth-order valence-corrected chi connectivity index (χ4v) is 5.99. The summed E-state index contributed by atoms with van der Waals surface area (Å²) in [7, 11) is -4.48. The van der Waals surface area contributed by atoms with Crippen molar-refractivity contribution in [2.45, 2.75) is 43.9 Å². The molecule has 3 aromatic carbocycles. The van der Waals surface area contributed by atoms with Crippen LogP contribution in [-0.2, 0) is 21.0 Å². The molecule has 1 heterocycles. The number of hydrogen-bond acceptors (Lipinski definition) is 5. The second-order valence-corrected chi connectivity index (χ2v) is 11.2. The van der Waals surface area contributed by atoms with Gasteiger partial charge in [-0.05, 0) is 85.0 Å². The number of aryl methyl sites for hydroxylation is 2. The highest BCUT2D eigenvalue weighted by Crippen LogP contribution is 2.40. The summed E-state index contributed by atoms with van der Waals surface area (Å²) in [6, 6.07) is 11.5. The van der Waals surface area contributed by atoms with Gasteiger partial charge in [-0.3, -0.25) is 9.10 Å². The van der Waals surface area contributed by atoms with Gasteiger partial charge in [0.1, 0.15) is 17.6 Å². The summed E-state index contributed by atoms with van der Waals surface area (Å²) < 4.78 is 74.2. The van der Waals surface area contributed by atoms with Crippen molar-refractivity contribution < 1.29 is 41.3 Å². The van der Waals surface area contributed by atoms with E-state index in [1.165, 1.54) is 0 Å². The van der Waals surface area contributed by atoms with Crippen LogP contribution in [0.4, 0.5) is 18.9 Å². The Morgan fingerprint density at radius 3 is 2.41 bits per heavy atom. The number of aliphatic carboxylic acids is 1. The number of nitrogens with zero attached hydrogens (tertiary/aromatic N) is 1. The van der Waals surface area contributed by atoms with Crippen LogP contribution in [0.15, 0.2) is 59.5 Å². The van der Waals surface area contributed by atoms with E-state index in [4.69, 9.17) is 9.84 Å². The zero-order valence-electron chi connectivity index (χ0n) is 21.1. The van der Waals surface area contributed by atoms with Gasteiger partial charge in [-0.1, -0.05) is 24.3 Å². The van der Waals surface area contributed by atoms with Crippen LogP contribution in [0, 0.1) is 13.8 Å². The molecule has 1 atom stereocenters. The molecular weight excluding hydrogens is 535 g/mol. The molecule has 0 fully saturated rings. The van der Waals surface area contributed by atoms with Gasteiger partial charge in [0, 0.05) is 6.42 Å². The zero-order valence-corrected chi connectivity index (χ0v) is 21.9. The lowest BCUT2D eigenvalue weighted by Gasteiger charge is -2.35. The highest BCUT2D eigenvalue weighted by atomic mass is 32.2. The summed E-state index contributed by atoms with van der Waals surface area (Å²) in [5.41, 5.74) is 2.15. The van der Waals surface area contributed by atoms with E-state index in [1.807, 2.05) is 19.9 Å². The van der Waals surface area contributed by atoms with Gasteiger partial charge in [0.2, 0.25) is 0 Å². The Hall–Kier alpha value is -3.99. The molecule has 1 unspecified atom stereocenters. The van der Waals surface area contributed by atoms with Gasteiger partial charge in [-0.25, -0.2) is 8.42 Å². The number of carbonyl (C=O) groups is 1. The lowest BCUT2D eigenvalue weighted by Crippen LogP contribution is -2.43. The topological polar surface area (TPSA) is 104 Å². The van der Waals surface area contributed by atoms with Gasteiger partial charge in [-0.2, -0.15) is 13.2 Å². The van der Waals surface area contributed by atoms with Crippen molar-refractivity contribution in [1.29, 1.82) is 0 Å². The van der Waals surface area contributed by atoms with Crippen molar-refractivity contribution in [3.05, 3.63) is 82.4 Å². The second-order valence-electron chi connectivity index (χ2n) is 9.29. The molecule has 1 aliphatic rings. The Bertz CT molecular complexity index is 1530. The standard InChI is InChI=1S/C28H26F3NO6S/c1-17-12-21(33)13-18(2)24(17)9-6-19-7-10-26-25(14-19)32(16-22(38-26)8-11-27(34)35)39(36,37)23-5-3-4-20(15-23)28(29,30)31/h3-7,9-10,12-15,22,33H,8,11,16H2,1-2H3,(H,34,35). The summed E-state index contributed by atoms with van der Waals surface area (Å²) in [5, 5.41) is 18.9. The molecule has 0 bridgehead atoms. The van der Waals surface area contributed by atoms with Crippen LogP contribution in [0.2, 0.25) is 0 Å². The SMILES string of the molecule is Cc1cc(O)cc(C)c1C=Cc1ccc2c(c1)N(S(=O)(=O)c1cccc(C(F)(F)F)c1)CC(CCC(=O)O)O2. The number of ether oxygens (including phenoxy) is 1. The van der Waals surface area contributed by atoms with E-state index in [0.717, 1.165) is 39.2 Å². The fourth-order valence-electron chi connectivity index (χ4n) is 4.45. The molecule has 39 heavy (non-hydrogen) atoms. The van der Waals surface area contributed by atoms with Crippen LogP contribution < -0.4 is 9.04 Å². The highest BCUT2D eigenvalue weighted by molar-refractivity contribution is 7.92. The van der Waals surface area contributed by atoms with Crippen LogP contribution in [-0.4, -0.2) is 37.2 Å². The monoisotopic (exact) mass is 561 g/mol. The van der Waals surface area contributed by atoms with Crippen molar-refractivity contribution in [3.63, 3.8) is 0 Å². The first-order chi connectivity index (χ1) is 18.3. The third kappa shape index (κ3) is 6.19. The van der Waals surface area contributed by atoms with Gasteiger partial charge >= 0.3 is 12.1 Å². The molecule has 0 saturated carbocycles. The van der Waals surface area contributed by atoms with Gasteiger partial charge in [0.05, 0.1) is 22.7 Å². The molecule has 0 saturated heterocycles. The van der Waals surface area contributed by atoms with Crippen molar-refractivity contribution in [2.75, 3.05) is 10.8 Å². The number of anilines is 1. The summed E-state index contributed by atoms with van der Waals surface area (Å²) >= 11 is 0. The molecule has 11 heteroatoms. The van der Waals surface area contributed by atoms with Gasteiger partial charge in [-0.15, -0.1) is 0 Å². The molecule has 7 nitrogen and oxygen atoms in total. The molecule has 0 aromatic heterocycles. The first-order valence-electron chi connectivity index (χ1n) is 12.0. The Labute approximate surface area is 223 Å². The summed E-state index contributed by atoms with van der Waals surface area (Å²) in [4.78, 5) is 10.6. The minimum absolute atomic E-state index is 0.00441. The highest BCUT2D eigenvalue weighted by Gasteiger charge is 2.37. The third-order valence-corrected chi connectivity index (χ3v) is 8.14. The van der Waals surface area contributed by atoms with Gasteiger partial charge in [0.15, 0.2) is 0 Å². The molecule has 206 valence electrons. The van der Waals surface area contributed by atoms with Crippen LogP contribution in [0.25, 0.3) is 12.2 Å². The number of carboxylic acids is 1. The minimum atomic E-state index is -4.74. The maximum absolute atomic E-state index is 13.7. The Morgan fingerprint density at radius 1 is 1.08 bits per heavy atom. The average molecular weight is 562 g/mol. The smallest absolute Gasteiger partial charge is 0.416 e. The number of hydrogen-bond donors (Lipinski definition) is 2. The Balaban J connectivity index is 1.76. The fraction of sp³-hybridized carbons (Fsp3) is 0.250. The molecule has 2 N–H and O–H groups in total. The van der Waals surface area contributed by atoms with Crippen LogP contribution in [0.1, 0.15) is 40.7 Å². The maximum atomic E-state index is 13.7. The summed E-state index contributed by atoms with van der Waals surface area (Å²) in [5.74, 6) is -0.778. The molecule has 0 radical (unpaired) electrons. The van der Waals surface area contributed by atoms with E-state index in [1.54, 1.807) is 36.4 Å². The number of phenolic OH excluding ortho intramolecular Hbond substituents is 1. The summed E-state index contributed by atoms with van der Waals surface area (Å²) in [6.07, 6.45) is -2.26. The van der Waals surface area contributed by atoms with E-state index >= 15 is 0 Å². The molecule has 0 amide bonds. The number of fused-ring (bicyclic) bond motifs is 1. The predicted octanol–water partition coefficient (Wildman–Crippen LogP) is 6.02. The van der Waals surface area contributed by atoms with Crippen molar-refractivity contribution in [2.24, 2.45) is 0 Å². The number of rotatable bonds is 7. The summed E-state index contributed by atoms with van der Waals surface area (Å²) in [6.45, 7) is 3.41. The van der Waals surface area contributed by atoms with Crippen molar-refractivity contribution in [1.82, 2.24) is 0 Å². The number of benzene rings is 3. The third-order valence-electron chi connectivity index (χ3n) is 6.37. The van der Waals surface area contributed by atoms with E-state index in [2.05, 4.69) is 0 Å². The molecule has 0 spiro atoms. The van der Waals surface area contributed by atoms with Gasteiger partial charge < -0.3 is 14.9 Å². The number of alkyl halides is 3. The van der Waals surface area contributed by atoms with Crippen LogP contribution >= 0.6 is 0 Å². The Morgan fingerprint density at radius 2 is 1.77 bits per heavy atom. The van der Waals surface area contributed by atoms with E-state index < -0.39 is 38.7 Å². The lowest BCUT2D eigenvalue weighted by molar-refractivity contribution is -0.138. The lowest BCUT2D eigenvalue weighted by atomic mass is 10.0. The Kier molecular flexibility index (Phi) is 7.65. The molecule has 0 aliphatic carbocycles. The van der Waals surface area contributed by atoms with E-state index in [0.29, 0.717) is 11.6 Å². The first-order valence-corrected chi connectivity index (χ1v) is 13.4. The minimum Gasteiger partial charge on any atom is -0.508 e. The number of phenols is 1. The number of halogens is 3. The predicted molar refractivity (Wildman–Crippen MR) is 140 cm³/mol.